The molecule has 2 aliphatic carbocycles. The summed E-state index contributed by atoms with van der Waals surface area (Å²) in [6.45, 7) is 1.51. The van der Waals surface area contributed by atoms with E-state index in [1.54, 1.807) is 6.20 Å². The maximum Gasteiger partial charge on any atom is 0.223 e. The van der Waals surface area contributed by atoms with Crippen LogP contribution in [0.15, 0.2) is 48.8 Å². The number of hydrogen-bond donors (Lipinski definition) is 1. The second-order valence-electron chi connectivity index (χ2n) is 9.28. The van der Waals surface area contributed by atoms with E-state index in [2.05, 4.69) is 59.6 Å². The van der Waals surface area contributed by atoms with Crippen LogP contribution in [0.5, 0.6) is 0 Å². The predicted molar refractivity (Wildman–Crippen MR) is 134 cm³/mol. The minimum atomic E-state index is -0.110. The molecule has 8 heteroatoms. The van der Waals surface area contributed by atoms with Gasteiger partial charge in [0.05, 0.1) is 27.6 Å². The van der Waals surface area contributed by atoms with Gasteiger partial charge in [-0.2, -0.15) is 5.10 Å². The van der Waals surface area contributed by atoms with Gasteiger partial charge in [-0.3, -0.25) is 14.7 Å². The van der Waals surface area contributed by atoms with Crippen LogP contribution < -0.4 is 5.32 Å². The van der Waals surface area contributed by atoms with Crippen molar-refractivity contribution in [3.8, 4) is 27.5 Å². The second kappa shape index (κ2) is 7.85. The average Bonchev–Trinajstić information content (AvgIpc) is 3.41. The number of benzene rings is 1. The third kappa shape index (κ3) is 3.36. The van der Waals surface area contributed by atoms with E-state index >= 15 is 0 Å². The first-order chi connectivity index (χ1) is 16.5. The molecule has 3 heterocycles. The summed E-state index contributed by atoms with van der Waals surface area (Å²) < 4.78 is 2.05. The Hall–Kier alpha value is -3.36. The van der Waals surface area contributed by atoms with Gasteiger partial charge in [0, 0.05) is 36.0 Å². The van der Waals surface area contributed by atoms with Gasteiger partial charge in [-0.15, -0.1) is 0 Å². The van der Waals surface area contributed by atoms with Crippen LogP contribution >= 0.6 is 11.3 Å². The van der Waals surface area contributed by atoms with Crippen LogP contribution in [0.3, 0.4) is 0 Å². The van der Waals surface area contributed by atoms with Crippen molar-refractivity contribution >= 4 is 22.4 Å². The van der Waals surface area contributed by atoms with Gasteiger partial charge in [0.25, 0.3) is 0 Å². The van der Waals surface area contributed by atoms with Crippen molar-refractivity contribution in [2.24, 2.45) is 0 Å². The Kier molecular flexibility index (Phi) is 4.89. The number of carbonyl (C=O) groups is 1. The van der Waals surface area contributed by atoms with E-state index in [9.17, 15) is 4.79 Å². The molecule has 2 aliphatic rings. The molecule has 0 unspecified atom stereocenters. The Morgan fingerprint density at radius 2 is 1.94 bits per heavy atom. The molecule has 1 N–H and O–H groups in total. The Morgan fingerprint density at radius 1 is 1.15 bits per heavy atom. The summed E-state index contributed by atoms with van der Waals surface area (Å²) in [4.78, 5) is 24.1. The number of nitrogens with zero attached hydrogens (tertiary/aromatic N) is 5. The highest BCUT2D eigenvalue weighted by Crippen LogP contribution is 2.50. The number of pyridine rings is 1. The van der Waals surface area contributed by atoms with Crippen molar-refractivity contribution in [1.82, 2.24) is 24.6 Å². The van der Waals surface area contributed by atoms with Crippen LogP contribution in [0.25, 0.3) is 27.5 Å². The van der Waals surface area contributed by atoms with Crippen LogP contribution in [0, 0.1) is 0 Å². The molecule has 1 fully saturated rings. The van der Waals surface area contributed by atoms with Crippen LogP contribution in [-0.4, -0.2) is 44.7 Å². The van der Waals surface area contributed by atoms with Crippen LogP contribution in [0.4, 0.5) is 5.13 Å². The Bertz CT molecular complexity index is 1380. The van der Waals surface area contributed by atoms with E-state index in [4.69, 9.17) is 10.1 Å². The number of carbonyl (C=O) groups excluding carboxylic acids is 1. The molecule has 7 nitrogen and oxygen atoms in total. The molecule has 0 bridgehead atoms. The minimum absolute atomic E-state index is 0.110. The first-order valence-electron chi connectivity index (χ1n) is 11.5. The lowest BCUT2D eigenvalue weighted by atomic mass is 9.95. The Morgan fingerprint density at radius 3 is 2.59 bits per heavy atom. The molecule has 3 aromatic heterocycles. The van der Waals surface area contributed by atoms with E-state index in [0.29, 0.717) is 5.13 Å². The zero-order chi connectivity index (χ0) is 23.4. The van der Waals surface area contributed by atoms with E-state index in [1.165, 1.54) is 42.2 Å². The maximum absolute atomic E-state index is 11.6. The Balaban J connectivity index is 1.50. The quantitative estimate of drug-likeness (QED) is 0.459. The number of anilines is 1. The summed E-state index contributed by atoms with van der Waals surface area (Å²) in [5.74, 6) is -0.110. The molecule has 4 aromatic rings. The summed E-state index contributed by atoms with van der Waals surface area (Å²) in [7, 11) is 4.31. The number of hydrogen-bond acceptors (Lipinski definition) is 6. The van der Waals surface area contributed by atoms with Crippen molar-refractivity contribution in [3.05, 3.63) is 65.6 Å². The standard InChI is InChI=1S/C26H26N6OS/c1-16(33)28-25-29-21-11-10-20-22(17-5-4-14-27-15-17)30-32(23(20)24(21)34-25)19-8-6-18(7-9-19)26(12-13-26)31(2)3/h4-9,14-15H,10-13H2,1-3H3,(H,28,29,33). The summed E-state index contributed by atoms with van der Waals surface area (Å²) in [6.07, 6.45) is 7.70. The van der Waals surface area contributed by atoms with Gasteiger partial charge in [0.2, 0.25) is 5.91 Å². The van der Waals surface area contributed by atoms with Crippen molar-refractivity contribution in [3.63, 3.8) is 0 Å². The number of nitrogens with one attached hydrogen (secondary N) is 1. The molecular formula is C26H26N6OS. The lowest BCUT2D eigenvalue weighted by Crippen LogP contribution is -2.27. The molecule has 0 spiro atoms. The van der Waals surface area contributed by atoms with Crippen molar-refractivity contribution in [1.29, 1.82) is 0 Å². The molecule has 0 aliphatic heterocycles. The Labute approximate surface area is 202 Å². The number of rotatable bonds is 5. The second-order valence-corrected chi connectivity index (χ2v) is 10.3. The monoisotopic (exact) mass is 470 g/mol. The molecule has 34 heavy (non-hydrogen) atoms. The first kappa shape index (κ1) is 21.2. The highest BCUT2D eigenvalue weighted by Gasteiger charge is 2.46. The van der Waals surface area contributed by atoms with Gasteiger partial charge in [-0.05, 0) is 69.6 Å². The van der Waals surface area contributed by atoms with Crippen molar-refractivity contribution < 1.29 is 4.79 Å². The summed E-state index contributed by atoms with van der Waals surface area (Å²) in [5, 5.41) is 8.60. The minimum Gasteiger partial charge on any atom is -0.302 e. The van der Waals surface area contributed by atoms with E-state index < -0.39 is 0 Å². The van der Waals surface area contributed by atoms with E-state index in [1.807, 2.05) is 16.9 Å². The fraction of sp³-hybridized carbons (Fsp3) is 0.308. The van der Waals surface area contributed by atoms with Crippen molar-refractivity contribution in [2.45, 2.75) is 38.1 Å². The summed E-state index contributed by atoms with van der Waals surface area (Å²) >= 11 is 1.52. The summed E-state index contributed by atoms with van der Waals surface area (Å²) in [6, 6.07) is 12.8. The average molecular weight is 471 g/mol. The molecule has 172 valence electrons. The highest BCUT2D eigenvalue weighted by atomic mass is 32.1. The number of amides is 1. The van der Waals surface area contributed by atoms with Gasteiger partial charge in [-0.1, -0.05) is 23.5 Å². The number of aryl methyl sites for hydroxylation is 1. The smallest absolute Gasteiger partial charge is 0.223 e. The number of thiazole rings is 1. The molecule has 1 saturated carbocycles. The van der Waals surface area contributed by atoms with Gasteiger partial charge in [-0.25, -0.2) is 9.67 Å². The zero-order valence-electron chi connectivity index (χ0n) is 19.5. The van der Waals surface area contributed by atoms with Gasteiger partial charge < -0.3 is 5.32 Å². The zero-order valence-corrected chi connectivity index (χ0v) is 20.3. The first-order valence-corrected chi connectivity index (χ1v) is 12.4. The fourth-order valence-corrected chi connectivity index (χ4v) is 6.14. The molecule has 0 saturated heterocycles. The van der Waals surface area contributed by atoms with Gasteiger partial charge in [0.1, 0.15) is 0 Å². The SMILES string of the molecule is CC(=O)Nc1nc2c(s1)-c1c(c(-c3cccnc3)nn1-c1ccc(C3(N(C)C)CC3)cc1)CC2. The third-order valence-electron chi connectivity index (χ3n) is 6.95. The third-order valence-corrected chi connectivity index (χ3v) is 7.97. The molecular weight excluding hydrogens is 444 g/mol. The van der Waals surface area contributed by atoms with Crippen LogP contribution in [0.2, 0.25) is 0 Å². The number of aromatic nitrogens is 4. The van der Waals surface area contributed by atoms with Gasteiger partial charge in [0.15, 0.2) is 5.13 Å². The molecule has 1 aromatic carbocycles. The molecule has 0 radical (unpaired) electrons. The lowest BCUT2D eigenvalue weighted by Gasteiger charge is -2.24. The molecule has 6 rings (SSSR count). The number of fused-ring (bicyclic) bond motifs is 3. The van der Waals surface area contributed by atoms with E-state index in [-0.39, 0.29) is 11.4 Å². The molecule has 0 atom stereocenters. The fourth-order valence-electron chi connectivity index (χ4n) is 5.02. The predicted octanol–water partition coefficient (Wildman–Crippen LogP) is 4.67. The topological polar surface area (TPSA) is 75.9 Å². The van der Waals surface area contributed by atoms with Gasteiger partial charge >= 0.3 is 0 Å². The van der Waals surface area contributed by atoms with Crippen LogP contribution in [0.1, 0.15) is 36.6 Å². The molecule has 1 amide bonds. The summed E-state index contributed by atoms with van der Waals surface area (Å²) in [5.41, 5.74) is 7.79. The normalized spacial score (nSPS) is 15.6. The van der Waals surface area contributed by atoms with E-state index in [0.717, 1.165) is 46.1 Å². The van der Waals surface area contributed by atoms with Crippen molar-refractivity contribution in [2.75, 3.05) is 19.4 Å². The lowest BCUT2D eigenvalue weighted by molar-refractivity contribution is -0.114. The highest BCUT2D eigenvalue weighted by molar-refractivity contribution is 7.19. The maximum atomic E-state index is 11.6. The largest absolute Gasteiger partial charge is 0.302 e. The van der Waals surface area contributed by atoms with Crippen LogP contribution in [-0.2, 0) is 23.2 Å².